The summed E-state index contributed by atoms with van der Waals surface area (Å²) in [4.78, 5) is 7.35. The van der Waals surface area contributed by atoms with Crippen LogP contribution in [0.1, 0.15) is 22.4 Å². The number of nitrogens with one attached hydrogen (secondary N) is 1. The van der Waals surface area contributed by atoms with Crippen molar-refractivity contribution in [3.63, 3.8) is 0 Å². The van der Waals surface area contributed by atoms with Gasteiger partial charge in [-0.3, -0.25) is 4.98 Å². The number of ether oxygens (including phenoxy) is 1. The number of nitrogens with zero attached hydrogens (tertiary/aromatic N) is 2. The van der Waals surface area contributed by atoms with Crippen LogP contribution < -0.4 is 5.32 Å². The zero-order chi connectivity index (χ0) is 15.5. The summed E-state index contributed by atoms with van der Waals surface area (Å²) in [6.45, 7) is 6.73. The topological polar surface area (TPSA) is 37.4 Å². The second-order valence-electron chi connectivity index (χ2n) is 6.14. The molecular weight excluding hydrogens is 274 g/mol. The Morgan fingerprint density at radius 2 is 2.23 bits per heavy atom. The molecule has 0 fully saturated rings. The summed E-state index contributed by atoms with van der Waals surface area (Å²) in [5.41, 5.74) is 6.53. The third-order valence-corrected chi connectivity index (χ3v) is 4.47. The van der Waals surface area contributed by atoms with E-state index in [2.05, 4.69) is 42.4 Å². The minimum absolute atomic E-state index is 0.740. The van der Waals surface area contributed by atoms with E-state index in [1.54, 1.807) is 7.11 Å². The molecule has 0 saturated carbocycles. The van der Waals surface area contributed by atoms with Gasteiger partial charge in [-0.1, -0.05) is 18.2 Å². The zero-order valence-corrected chi connectivity index (χ0v) is 13.8. The fourth-order valence-corrected chi connectivity index (χ4v) is 3.22. The minimum atomic E-state index is 0.740. The van der Waals surface area contributed by atoms with Crippen molar-refractivity contribution in [2.75, 3.05) is 33.9 Å². The second kappa shape index (κ2) is 6.73. The van der Waals surface area contributed by atoms with E-state index in [0.29, 0.717) is 0 Å². The number of para-hydroxylation sites is 1. The maximum absolute atomic E-state index is 5.13. The van der Waals surface area contributed by atoms with Crippen LogP contribution in [0, 0.1) is 6.92 Å². The van der Waals surface area contributed by atoms with Gasteiger partial charge in [0.25, 0.3) is 0 Å². The van der Waals surface area contributed by atoms with E-state index in [9.17, 15) is 0 Å². The summed E-state index contributed by atoms with van der Waals surface area (Å²) < 4.78 is 5.13. The highest BCUT2D eigenvalue weighted by Gasteiger charge is 2.20. The van der Waals surface area contributed by atoms with Crippen molar-refractivity contribution < 1.29 is 4.74 Å². The highest BCUT2D eigenvalue weighted by molar-refractivity contribution is 5.86. The molecule has 0 aliphatic carbocycles. The Balaban J connectivity index is 2.04. The highest BCUT2D eigenvalue weighted by Crippen LogP contribution is 2.29. The zero-order valence-electron chi connectivity index (χ0n) is 13.8. The van der Waals surface area contributed by atoms with Gasteiger partial charge >= 0.3 is 0 Å². The lowest BCUT2D eigenvalue weighted by molar-refractivity contribution is 0.199. The Hall–Kier alpha value is -1.49. The van der Waals surface area contributed by atoms with Gasteiger partial charge in [0.15, 0.2) is 0 Å². The molecule has 2 heterocycles. The molecule has 0 bridgehead atoms. The molecule has 0 saturated heterocycles. The normalized spacial score (nSPS) is 15.2. The molecule has 4 heteroatoms. The third kappa shape index (κ3) is 3.00. The standard InChI is InChI=1S/C18H25N3O/c1-13-5-4-6-14-15(11-19-8-10-22-3)16-12-21(2)9-7-17(16)20-18(13)14/h4-6,19H,7-12H2,1-3H3. The number of likely N-dealkylation sites (N-methyl/N-ethyl adjacent to an activating group) is 1. The molecule has 22 heavy (non-hydrogen) atoms. The lowest BCUT2D eigenvalue weighted by Gasteiger charge is -2.27. The number of pyridine rings is 1. The Labute approximate surface area is 132 Å². The van der Waals surface area contributed by atoms with Crippen LogP contribution in [0.3, 0.4) is 0 Å². The molecule has 118 valence electrons. The molecule has 4 nitrogen and oxygen atoms in total. The van der Waals surface area contributed by atoms with E-state index in [-0.39, 0.29) is 0 Å². The largest absolute Gasteiger partial charge is 0.383 e. The monoisotopic (exact) mass is 299 g/mol. The highest BCUT2D eigenvalue weighted by atomic mass is 16.5. The summed E-state index contributed by atoms with van der Waals surface area (Å²) in [5.74, 6) is 0. The van der Waals surface area contributed by atoms with Gasteiger partial charge in [0.2, 0.25) is 0 Å². The molecule has 3 rings (SSSR count). The van der Waals surface area contributed by atoms with Crippen LogP contribution in [0.15, 0.2) is 18.2 Å². The van der Waals surface area contributed by atoms with Crippen molar-refractivity contribution in [2.24, 2.45) is 0 Å². The number of hydrogen-bond acceptors (Lipinski definition) is 4. The van der Waals surface area contributed by atoms with Crippen molar-refractivity contribution in [2.45, 2.75) is 26.4 Å². The molecule has 0 radical (unpaired) electrons. The van der Waals surface area contributed by atoms with Gasteiger partial charge in [-0.2, -0.15) is 0 Å². The molecule has 1 aliphatic heterocycles. The molecular formula is C18H25N3O. The van der Waals surface area contributed by atoms with E-state index < -0.39 is 0 Å². The number of methoxy groups -OCH3 is 1. The molecule has 0 spiro atoms. The lowest BCUT2D eigenvalue weighted by atomic mass is 9.95. The van der Waals surface area contributed by atoms with Crippen LogP contribution in [0.25, 0.3) is 10.9 Å². The summed E-state index contributed by atoms with van der Waals surface area (Å²) in [6, 6.07) is 6.49. The first-order chi connectivity index (χ1) is 10.7. The van der Waals surface area contributed by atoms with Crippen LogP contribution in [0.5, 0.6) is 0 Å². The molecule has 1 aromatic carbocycles. The number of aromatic nitrogens is 1. The van der Waals surface area contributed by atoms with Crippen molar-refractivity contribution in [3.05, 3.63) is 40.6 Å². The van der Waals surface area contributed by atoms with Gasteiger partial charge in [0.1, 0.15) is 0 Å². The van der Waals surface area contributed by atoms with Gasteiger partial charge in [0.05, 0.1) is 12.1 Å². The maximum Gasteiger partial charge on any atom is 0.0737 e. The third-order valence-electron chi connectivity index (χ3n) is 4.47. The molecule has 0 atom stereocenters. The Morgan fingerprint density at radius 1 is 1.36 bits per heavy atom. The first kappa shape index (κ1) is 15.4. The van der Waals surface area contributed by atoms with Crippen molar-refractivity contribution in [3.8, 4) is 0 Å². The number of rotatable bonds is 5. The van der Waals surface area contributed by atoms with Gasteiger partial charge in [-0.15, -0.1) is 0 Å². The van der Waals surface area contributed by atoms with Crippen molar-refractivity contribution >= 4 is 10.9 Å². The minimum Gasteiger partial charge on any atom is -0.383 e. The van der Waals surface area contributed by atoms with E-state index in [0.717, 1.165) is 44.7 Å². The summed E-state index contributed by atoms with van der Waals surface area (Å²) in [6.07, 6.45) is 1.04. The van der Waals surface area contributed by atoms with Gasteiger partial charge in [-0.05, 0) is 30.7 Å². The number of benzene rings is 1. The second-order valence-corrected chi connectivity index (χ2v) is 6.14. The smallest absolute Gasteiger partial charge is 0.0737 e. The van der Waals surface area contributed by atoms with Gasteiger partial charge < -0.3 is 15.0 Å². The van der Waals surface area contributed by atoms with Gasteiger partial charge in [-0.25, -0.2) is 0 Å². The van der Waals surface area contributed by atoms with Gasteiger partial charge in [0, 0.05) is 50.8 Å². The predicted octanol–water partition coefficient (Wildman–Crippen LogP) is 2.27. The first-order valence-electron chi connectivity index (χ1n) is 7.99. The number of aryl methyl sites for hydroxylation is 1. The molecule has 2 aromatic rings. The SMILES string of the molecule is COCCNCc1c2c(nc3c(C)cccc13)CCN(C)C2. The Kier molecular flexibility index (Phi) is 4.71. The van der Waals surface area contributed by atoms with E-state index in [1.165, 1.54) is 27.8 Å². The van der Waals surface area contributed by atoms with E-state index in [4.69, 9.17) is 9.72 Å². The Morgan fingerprint density at radius 3 is 3.05 bits per heavy atom. The van der Waals surface area contributed by atoms with Crippen molar-refractivity contribution in [1.29, 1.82) is 0 Å². The molecule has 0 unspecified atom stereocenters. The molecule has 1 N–H and O–H groups in total. The number of hydrogen-bond donors (Lipinski definition) is 1. The van der Waals surface area contributed by atoms with Crippen LogP contribution in [-0.4, -0.2) is 43.7 Å². The lowest BCUT2D eigenvalue weighted by Crippen LogP contribution is -2.30. The molecule has 1 aliphatic rings. The predicted molar refractivity (Wildman–Crippen MR) is 90.1 cm³/mol. The van der Waals surface area contributed by atoms with Crippen LogP contribution in [0.4, 0.5) is 0 Å². The van der Waals surface area contributed by atoms with E-state index >= 15 is 0 Å². The maximum atomic E-state index is 5.13. The summed E-state index contributed by atoms with van der Waals surface area (Å²) in [7, 11) is 3.93. The first-order valence-corrected chi connectivity index (χ1v) is 7.99. The molecule has 0 amide bonds. The summed E-state index contributed by atoms with van der Waals surface area (Å²) in [5, 5.41) is 4.80. The fourth-order valence-electron chi connectivity index (χ4n) is 3.22. The van der Waals surface area contributed by atoms with E-state index in [1.807, 2.05) is 0 Å². The van der Waals surface area contributed by atoms with Crippen LogP contribution in [-0.2, 0) is 24.2 Å². The van der Waals surface area contributed by atoms with Crippen LogP contribution >= 0.6 is 0 Å². The Bertz CT molecular complexity index is 669. The molecule has 1 aromatic heterocycles. The fraction of sp³-hybridized carbons (Fsp3) is 0.500. The average molecular weight is 299 g/mol. The van der Waals surface area contributed by atoms with Crippen molar-refractivity contribution in [1.82, 2.24) is 15.2 Å². The number of fused-ring (bicyclic) bond motifs is 2. The quantitative estimate of drug-likeness (QED) is 0.860. The summed E-state index contributed by atoms with van der Waals surface area (Å²) >= 11 is 0. The van der Waals surface area contributed by atoms with Crippen LogP contribution in [0.2, 0.25) is 0 Å². The average Bonchev–Trinajstić information content (AvgIpc) is 2.52.